The molecule has 3 rings (SSSR count). The van der Waals surface area contributed by atoms with Crippen LogP contribution in [0.1, 0.15) is 44.6 Å². The molecule has 6 nitrogen and oxygen atoms in total. The molecule has 1 aromatic heterocycles. The van der Waals surface area contributed by atoms with Gasteiger partial charge in [-0.25, -0.2) is 0 Å². The highest BCUT2D eigenvalue weighted by atomic mass is 35.5. The van der Waals surface area contributed by atoms with Crippen molar-refractivity contribution in [3.8, 4) is 11.1 Å². The topological polar surface area (TPSA) is 70.4 Å². The number of nitrogens with zero attached hydrogens (tertiary/aromatic N) is 3. The normalized spacial score (nSPS) is 13.5. The van der Waals surface area contributed by atoms with E-state index >= 15 is 0 Å². The summed E-state index contributed by atoms with van der Waals surface area (Å²) in [7, 11) is -1.80. The van der Waals surface area contributed by atoms with E-state index in [4.69, 9.17) is 11.6 Å². The Morgan fingerprint density at radius 1 is 1.15 bits per heavy atom. The summed E-state index contributed by atoms with van der Waals surface area (Å²) in [6, 6.07) is 13.6. The molecule has 0 spiro atoms. The Hall–Kier alpha value is -2.19. The molecular formula is C26H36ClN4O2S+. The molecule has 0 amide bonds. The van der Waals surface area contributed by atoms with Crippen molar-refractivity contribution in [2.45, 2.75) is 52.5 Å². The van der Waals surface area contributed by atoms with Gasteiger partial charge in [0.2, 0.25) is 4.90 Å². The van der Waals surface area contributed by atoms with E-state index < -0.39 is 10.4 Å². The van der Waals surface area contributed by atoms with Crippen LogP contribution in [-0.2, 0) is 34.6 Å². The summed E-state index contributed by atoms with van der Waals surface area (Å²) in [5.74, 6) is 0.366. The summed E-state index contributed by atoms with van der Waals surface area (Å²) in [4.78, 5) is 2.52. The number of aromatic nitrogens is 2. The Labute approximate surface area is 209 Å². The summed E-state index contributed by atoms with van der Waals surface area (Å²) in [6.45, 7) is 13.3. The first-order chi connectivity index (χ1) is 16.1. The van der Waals surface area contributed by atoms with Gasteiger partial charge in [0.05, 0.1) is 11.4 Å². The number of halogens is 1. The monoisotopic (exact) mass is 503 g/mol. The Kier molecular flexibility index (Phi) is 8.57. The highest BCUT2D eigenvalue weighted by molar-refractivity contribution is 7.99. The largest absolute Gasteiger partial charge is 0.347 e. The van der Waals surface area contributed by atoms with E-state index in [1.54, 1.807) is 16.8 Å². The first-order valence-corrected chi connectivity index (χ1v) is 13.6. The molecule has 8 heteroatoms. The molecule has 3 aromatic rings. The van der Waals surface area contributed by atoms with E-state index in [0.29, 0.717) is 18.0 Å². The predicted octanol–water partition coefficient (Wildman–Crippen LogP) is 6.45. The van der Waals surface area contributed by atoms with Gasteiger partial charge in [-0.05, 0) is 71.5 Å². The van der Waals surface area contributed by atoms with Gasteiger partial charge in [-0.2, -0.15) is 14.4 Å². The average molecular weight is 504 g/mol. The highest BCUT2D eigenvalue weighted by Crippen LogP contribution is 2.34. The molecule has 0 aliphatic heterocycles. The summed E-state index contributed by atoms with van der Waals surface area (Å²) >= 11 is 6.56. The lowest BCUT2D eigenvalue weighted by Crippen LogP contribution is -2.22. The lowest BCUT2D eigenvalue weighted by atomic mass is 10.0. The van der Waals surface area contributed by atoms with Crippen molar-refractivity contribution >= 4 is 27.7 Å². The fraction of sp³-hybridized carbons (Fsp3) is 0.423. The number of hydrogen-bond acceptors (Lipinski definition) is 3. The van der Waals surface area contributed by atoms with Crippen LogP contribution in [0.4, 0.5) is 5.69 Å². The highest BCUT2D eigenvalue weighted by Gasteiger charge is 2.35. The van der Waals surface area contributed by atoms with Crippen molar-refractivity contribution in [2.24, 2.45) is 13.0 Å². The van der Waals surface area contributed by atoms with E-state index in [1.165, 1.54) is 5.56 Å². The zero-order valence-corrected chi connectivity index (χ0v) is 22.5. The van der Waals surface area contributed by atoms with Gasteiger partial charge in [0.1, 0.15) is 10.7 Å². The van der Waals surface area contributed by atoms with Crippen molar-refractivity contribution in [1.82, 2.24) is 14.7 Å². The summed E-state index contributed by atoms with van der Waals surface area (Å²) < 4.78 is 28.9. The van der Waals surface area contributed by atoms with Gasteiger partial charge in [-0.15, -0.1) is 0 Å². The van der Waals surface area contributed by atoms with Crippen molar-refractivity contribution in [3.05, 3.63) is 64.4 Å². The minimum atomic E-state index is -3.63. The molecule has 2 aromatic carbocycles. The Morgan fingerprint density at radius 3 is 2.44 bits per heavy atom. The summed E-state index contributed by atoms with van der Waals surface area (Å²) in [5, 5.41) is 4.78. The molecule has 0 saturated carbocycles. The summed E-state index contributed by atoms with van der Waals surface area (Å²) in [6.07, 6.45) is 0.704. The molecule has 0 radical (unpaired) electrons. The summed E-state index contributed by atoms with van der Waals surface area (Å²) in [5.41, 5.74) is 5.32. The maximum Gasteiger partial charge on any atom is 0.347 e. The second kappa shape index (κ2) is 11.0. The van der Waals surface area contributed by atoms with Gasteiger partial charge in [-0.3, -0.25) is 9.58 Å². The third-order valence-electron chi connectivity index (χ3n) is 6.04. The number of benzene rings is 2. The van der Waals surface area contributed by atoms with Crippen LogP contribution in [0.3, 0.4) is 0 Å². The van der Waals surface area contributed by atoms with Gasteiger partial charge in [0.15, 0.2) is 0 Å². The third-order valence-corrected chi connectivity index (χ3v) is 7.90. The first kappa shape index (κ1) is 26.4. The molecular weight excluding hydrogens is 468 g/mol. The van der Waals surface area contributed by atoms with Crippen molar-refractivity contribution in [3.63, 3.8) is 0 Å². The lowest BCUT2D eigenvalue weighted by Gasteiger charge is -2.18. The van der Waals surface area contributed by atoms with Crippen LogP contribution in [0.25, 0.3) is 11.1 Å². The number of hydrogen-bond donors (Lipinski definition) is 2. The maximum absolute atomic E-state index is 13.4. The van der Waals surface area contributed by atoms with Crippen LogP contribution in [0.5, 0.6) is 0 Å². The fourth-order valence-electron chi connectivity index (χ4n) is 3.99. The van der Waals surface area contributed by atoms with E-state index in [1.807, 2.05) is 32.2 Å². The number of anilines is 1. The van der Waals surface area contributed by atoms with Crippen LogP contribution in [0.2, 0.25) is 5.02 Å². The predicted molar refractivity (Wildman–Crippen MR) is 143 cm³/mol. The zero-order chi connectivity index (χ0) is 25.0. The molecule has 1 atom stereocenters. The Morgan fingerprint density at radius 2 is 1.82 bits per heavy atom. The number of rotatable bonds is 10. The van der Waals surface area contributed by atoms with Gasteiger partial charge in [0.25, 0.3) is 0 Å². The van der Waals surface area contributed by atoms with E-state index in [9.17, 15) is 8.76 Å². The maximum atomic E-state index is 13.4. The van der Waals surface area contributed by atoms with Crippen LogP contribution in [-0.4, -0.2) is 32.3 Å². The molecule has 0 fully saturated rings. The molecule has 0 saturated heterocycles. The van der Waals surface area contributed by atoms with Crippen LogP contribution in [0.15, 0.2) is 47.4 Å². The van der Waals surface area contributed by atoms with Crippen molar-refractivity contribution in [1.29, 1.82) is 0 Å². The smallest absolute Gasteiger partial charge is 0.300 e. The van der Waals surface area contributed by atoms with E-state index in [0.717, 1.165) is 42.1 Å². The molecule has 0 aliphatic carbocycles. The van der Waals surface area contributed by atoms with Crippen LogP contribution >= 0.6 is 11.6 Å². The minimum Gasteiger partial charge on any atom is -0.300 e. The lowest BCUT2D eigenvalue weighted by molar-refractivity contribution is 0.296. The average Bonchev–Trinajstić information content (AvgIpc) is 3.03. The van der Waals surface area contributed by atoms with Crippen LogP contribution in [0, 0.1) is 12.8 Å². The Bertz CT molecular complexity index is 1190. The quantitative estimate of drug-likeness (QED) is 0.312. The van der Waals surface area contributed by atoms with Gasteiger partial charge in [0, 0.05) is 19.7 Å². The third kappa shape index (κ3) is 6.08. The molecule has 0 aliphatic rings. The second-order valence-corrected chi connectivity index (χ2v) is 11.2. The molecule has 184 valence electrons. The van der Waals surface area contributed by atoms with E-state index in [-0.39, 0.29) is 9.92 Å². The molecule has 2 N–H and O–H groups in total. The van der Waals surface area contributed by atoms with Gasteiger partial charge >= 0.3 is 10.4 Å². The molecule has 0 bridgehead atoms. The van der Waals surface area contributed by atoms with Crippen molar-refractivity contribution < 1.29 is 8.76 Å². The Balaban J connectivity index is 1.89. The van der Waals surface area contributed by atoms with Crippen molar-refractivity contribution in [2.75, 3.05) is 17.8 Å². The second-order valence-electron chi connectivity index (χ2n) is 9.06. The number of nitrogens with one attached hydrogen (secondary N) is 1. The molecule has 34 heavy (non-hydrogen) atoms. The SMILES string of the molecule is CCN(CC)Cc1cccc(-c2ccc([S+](=O)(O)Nc3c(CC(C)C)nn(C)c3C)c(Cl)c2)c1. The first-order valence-electron chi connectivity index (χ1n) is 11.7. The van der Waals surface area contributed by atoms with Gasteiger partial charge < -0.3 is 0 Å². The minimum absolute atomic E-state index is 0.163. The van der Waals surface area contributed by atoms with E-state index in [2.05, 4.69) is 54.5 Å². The zero-order valence-electron chi connectivity index (χ0n) is 20.9. The molecule has 1 heterocycles. The number of aryl methyl sites for hydroxylation is 1. The fourth-order valence-corrected chi connectivity index (χ4v) is 5.71. The van der Waals surface area contributed by atoms with Gasteiger partial charge in [-0.1, -0.05) is 57.5 Å². The standard InChI is InChI=1S/C26H35ClN4O2S/c1-7-31(8-2)17-20-10-9-11-21(15-20)22-12-13-25(23(27)16-22)34(32,33)29-26-19(5)30(6)28-24(26)14-18(3)4/h9-13,15-16,18H,7-8,14,17H2,1-6H3,(H-,29,32,33)/p+1. The van der Waals surface area contributed by atoms with Crippen LogP contribution < -0.4 is 4.72 Å². The molecule has 1 unspecified atom stereocenters.